The van der Waals surface area contributed by atoms with Gasteiger partial charge in [0.15, 0.2) is 0 Å². The molecule has 1 rings (SSSR count). The van der Waals surface area contributed by atoms with Gasteiger partial charge in [-0.3, -0.25) is 4.79 Å². The zero-order valence-corrected chi connectivity index (χ0v) is 9.88. The average Bonchev–Trinajstić information content (AvgIpc) is 2.27. The molecule has 88 valence electrons. The van der Waals surface area contributed by atoms with E-state index < -0.39 is 0 Å². The monoisotopic (exact) mass is 213 g/mol. The molecule has 0 bridgehead atoms. The number of piperidine rings is 1. The van der Waals surface area contributed by atoms with Crippen molar-refractivity contribution in [2.24, 2.45) is 0 Å². The van der Waals surface area contributed by atoms with Gasteiger partial charge in [0.05, 0.1) is 0 Å². The highest BCUT2D eigenvalue weighted by atomic mass is 16.1. The van der Waals surface area contributed by atoms with Gasteiger partial charge in [-0.2, -0.15) is 0 Å². The number of carbonyl (C=O) groups is 1. The molecule has 0 aromatic heterocycles. The van der Waals surface area contributed by atoms with Crippen molar-refractivity contribution in [3.63, 3.8) is 0 Å². The summed E-state index contributed by atoms with van der Waals surface area (Å²) in [5.74, 6) is 0.191. The minimum atomic E-state index is 0.191. The van der Waals surface area contributed by atoms with Crippen molar-refractivity contribution in [1.82, 2.24) is 15.5 Å². The summed E-state index contributed by atoms with van der Waals surface area (Å²) in [7, 11) is 0. The average molecular weight is 213 g/mol. The third-order valence-electron chi connectivity index (χ3n) is 3.02. The van der Waals surface area contributed by atoms with E-state index in [-0.39, 0.29) is 5.91 Å². The fourth-order valence-electron chi connectivity index (χ4n) is 1.87. The molecule has 1 unspecified atom stereocenters. The first-order chi connectivity index (χ1) is 7.26. The van der Waals surface area contributed by atoms with Crippen LogP contribution in [-0.4, -0.2) is 49.6 Å². The highest BCUT2D eigenvalue weighted by Gasteiger charge is 2.16. The second kappa shape index (κ2) is 6.80. The van der Waals surface area contributed by atoms with Gasteiger partial charge >= 0.3 is 0 Å². The summed E-state index contributed by atoms with van der Waals surface area (Å²) < 4.78 is 0. The van der Waals surface area contributed by atoms with Crippen LogP contribution in [0.15, 0.2) is 0 Å². The number of hydrogen-bond acceptors (Lipinski definition) is 3. The van der Waals surface area contributed by atoms with Crippen molar-refractivity contribution >= 4 is 5.91 Å². The van der Waals surface area contributed by atoms with Crippen LogP contribution < -0.4 is 10.6 Å². The molecule has 1 atom stereocenters. The second-order valence-electron chi connectivity index (χ2n) is 4.02. The Bertz CT molecular complexity index is 182. The van der Waals surface area contributed by atoms with Crippen LogP contribution in [0.25, 0.3) is 0 Å². The van der Waals surface area contributed by atoms with Gasteiger partial charge in [0.2, 0.25) is 5.91 Å². The second-order valence-corrected chi connectivity index (χ2v) is 4.02. The van der Waals surface area contributed by atoms with Gasteiger partial charge in [-0.05, 0) is 19.5 Å². The van der Waals surface area contributed by atoms with E-state index in [4.69, 9.17) is 0 Å². The third kappa shape index (κ3) is 4.62. The molecule has 0 saturated carbocycles. The standard InChI is InChI=1S/C11H23N3O/c1-3-14(4-2)8-7-12-10-5-6-11(15)13-9-10/h10,12H,3-9H2,1-2H3,(H,13,15). The van der Waals surface area contributed by atoms with E-state index in [2.05, 4.69) is 29.4 Å². The first-order valence-electron chi connectivity index (χ1n) is 5.98. The van der Waals surface area contributed by atoms with Crippen molar-refractivity contribution in [2.75, 3.05) is 32.7 Å². The van der Waals surface area contributed by atoms with E-state index in [1.807, 2.05) is 0 Å². The van der Waals surface area contributed by atoms with Crippen LogP contribution >= 0.6 is 0 Å². The molecule has 4 heteroatoms. The van der Waals surface area contributed by atoms with Crippen LogP contribution in [0.4, 0.5) is 0 Å². The molecule has 1 heterocycles. The molecule has 1 aliphatic heterocycles. The molecule has 0 aromatic rings. The van der Waals surface area contributed by atoms with E-state index in [1.165, 1.54) is 0 Å². The molecule has 0 spiro atoms. The molecule has 2 N–H and O–H groups in total. The first kappa shape index (κ1) is 12.5. The lowest BCUT2D eigenvalue weighted by Crippen LogP contribution is -2.47. The molecule has 15 heavy (non-hydrogen) atoms. The van der Waals surface area contributed by atoms with E-state index in [1.54, 1.807) is 0 Å². The maximum absolute atomic E-state index is 10.9. The zero-order valence-electron chi connectivity index (χ0n) is 9.88. The lowest BCUT2D eigenvalue weighted by Gasteiger charge is -2.25. The maximum Gasteiger partial charge on any atom is 0.220 e. The number of carbonyl (C=O) groups excluding carboxylic acids is 1. The Morgan fingerprint density at radius 3 is 2.73 bits per heavy atom. The Kier molecular flexibility index (Phi) is 5.65. The highest BCUT2D eigenvalue weighted by Crippen LogP contribution is 2.01. The van der Waals surface area contributed by atoms with Crippen LogP contribution in [0.2, 0.25) is 0 Å². The van der Waals surface area contributed by atoms with Gasteiger partial charge in [-0.15, -0.1) is 0 Å². The zero-order chi connectivity index (χ0) is 11.1. The normalized spacial score (nSPS) is 21.8. The van der Waals surface area contributed by atoms with Crippen molar-refractivity contribution in [3.05, 3.63) is 0 Å². The summed E-state index contributed by atoms with van der Waals surface area (Å²) in [6.07, 6.45) is 1.65. The predicted molar refractivity (Wildman–Crippen MR) is 61.8 cm³/mol. The Morgan fingerprint density at radius 2 is 2.20 bits per heavy atom. The summed E-state index contributed by atoms with van der Waals surface area (Å²) in [6.45, 7) is 9.49. The summed E-state index contributed by atoms with van der Waals surface area (Å²) in [5.41, 5.74) is 0. The molecule has 4 nitrogen and oxygen atoms in total. The lowest BCUT2D eigenvalue weighted by atomic mass is 10.1. The van der Waals surface area contributed by atoms with Crippen LogP contribution in [-0.2, 0) is 4.79 Å². The SMILES string of the molecule is CCN(CC)CCNC1CCC(=O)NC1. The van der Waals surface area contributed by atoms with Gasteiger partial charge < -0.3 is 15.5 Å². The number of nitrogens with zero attached hydrogens (tertiary/aromatic N) is 1. The first-order valence-corrected chi connectivity index (χ1v) is 5.98. The maximum atomic E-state index is 10.9. The van der Waals surface area contributed by atoms with Crippen molar-refractivity contribution < 1.29 is 4.79 Å². The molecule has 1 aliphatic rings. The molecule has 1 saturated heterocycles. The van der Waals surface area contributed by atoms with Crippen LogP contribution in [0.1, 0.15) is 26.7 Å². The number of nitrogens with one attached hydrogen (secondary N) is 2. The summed E-state index contributed by atoms with van der Waals surface area (Å²) in [4.78, 5) is 13.3. The van der Waals surface area contributed by atoms with Crippen LogP contribution in [0.3, 0.4) is 0 Å². The van der Waals surface area contributed by atoms with Gasteiger partial charge in [0, 0.05) is 32.1 Å². The predicted octanol–water partition coefficient (Wildman–Crippen LogP) is 0.196. The van der Waals surface area contributed by atoms with Gasteiger partial charge in [0.25, 0.3) is 0 Å². The number of amides is 1. The number of rotatable bonds is 6. The van der Waals surface area contributed by atoms with E-state index in [9.17, 15) is 4.79 Å². The van der Waals surface area contributed by atoms with Crippen LogP contribution in [0.5, 0.6) is 0 Å². The van der Waals surface area contributed by atoms with E-state index in [0.717, 1.165) is 39.1 Å². The van der Waals surface area contributed by atoms with Gasteiger partial charge in [-0.25, -0.2) is 0 Å². The van der Waals surface area contributed by atoms with Gasteiger partial charge in [0.1, 0.15) is 0 Å². The lowest BCUT2D eigenvalue weighted by molar-refractivity contribution is -0.122. The number of hydrogen-bond donors (Lipinski definition) is 2. The van der Waals surface area contributed by atoms with Crippen molar-refractivity contribution in [2.45, 2.75) is 32.7 Å². The van der Waals surface area contributed by atoms with E-state index >= 15 is 0 Å². The Hall–Kier alpha value is -0.610. The third-order valence-corrected chi connectivity index (χ3v) is 3.02. The minimum absolute atomic E-state index is 0.191. The molecule has 0 radical (unpaired) electrons. The highest BCUT2D eigenvalue weighted by molar-refractivity contribution is 5.76. The van der Waals surface area contributed by atoms with Crippen LogP contribution in [0, 0.1) is 0 Å². The topological polar surface area (TPSA) is 44.4 Å². The summed E-state index contributed by atoms with van der Waals surface area (Å²) in [5, 5.41) is 6.37. The van der Waals surface area contributed by atoms with Crippen molar-refractivity contribution in [3.8, 4) is 0 Å². The quantitative estimate of drug-likeness (QED) is 0.662. The molecule has 0 aliphatic carbocycles. The smallest absolute Gasteiger partial charge is 0.220 e. The molecule has 1 fully saturated rings. The fourth-order valence-corrected chi connectivity index (χ4v) is 1.87. The largest absolute Gasteiger partial charge is 0.355 e. The Morgan fingerprint density at radius 1 is 1.47 bits per heavy atom. The fraction of sp³-hybridized carbons (Fsp3) is 0.909. The Balaban J connectivity index is 2.07. The Labute approximate surface area is 92.4 Å². The van der Waals surface area contributed by atoms with E-state index in [0.29, 0.717) is 12.5 Å². The minimum Gasteiger partial charge on any atom is -0.355 e. The molecule has 1 amide bonds. The number of likely N-dealkylation sites (N-methyl/N-ethyl adjacent to an activating group) is 1. The van der Waals surface area contributed by atoms with Crippen molar-refractivity contribution in [1.29, 1.82) is 0 Å². The summed E-state index contributed by atoms with van der Waals surface area (Å²) >= 11 is 0. The van der Waals surface area contributed by atoms with Gasteiger partial charge in [-0.1, -0.05) is 13.8 Å². The molecule has 0 aromatic carbocycles. The summed E-state index contributed by atoms with van der Waals surface area (Å²) in [6, 6.07) is 0.471. The molecular formula is C11H23N3O. The molecular weight excluding hydrogens is 190 g/mol.